The Kier molecular flexibility index (Phi) is 3.52. The zero-order chi connectivity index (χ0) is 12.4. The molecule has 2 rings (SSSR count). The van der Waals surface area contributed by atoms with Crippen molar-refractivity contribution in [3.63, 3.8) is 0 Å². The van der Waals surface area contributed by atoms with E-state index in [0.29, 0.717) is 24.9 Å². The third kappa shape index (κ3) is 2.52. The van der Waals surface area contributed by atoms with E-state index >= 15 is 0 Å². The topological polar surface area (TPSA) is 37.4 Å². The Bertz CT molecular complexity index is 441. The number of anilines is 1. The van der Waals surface area contributed by atoms with Crippen LogP contribution in [0.2, 0.25) is 0 Å². The van der Waals surface area contributed by atoms with Gasteiger partial charge in [-0.15, -0.1) is 0 Å². The van der Waals surface area contributed by atoms with Gasteiger partial charge in [-0.2, -0.15) is 12.6 Å². The van der Waals surface area contributed by atoms with Gasteiger partial charge in [0.15, 0.2) is 5.78 Å². The molecule has 1 aromatic rings. The second kappa shape index (κ2) is 4.92. The fourth-order valence-electron chi connectivity index (χ4n) is 1.97. The van der Waals surface area contributed by atoms with Crippen molar-refractivity contribution in [2.75, 3.05) is 11.4 Å². The van der Waals surface area contributed by atoms with Crippen LogP contribution < -0.4 is 4.90 Å². The number of Topliss-reactive ketones (excluding diaryl/α,β-unsaturated/α-hetero) is 1. The minimum atomic E-state index is 0.0968. The number of ketones is 1. The van der Waals surface area contributed by atoms with Crippen molar-refractivity contribution in [1.29, 1.82) is 0 Å². The summed E-state index contributed by atoms with van der Waals surface area (Å²) in [6, 6.07) is 7.21. The lowest BCUT2D eigenvalue weighted by atomic mass is 10.1. The van der Waals surface area contributed by atoms with Crippen molar-refractivity contribution in [2.24, 2.45) is 0 Å². The molecule has 1 saturated heterocycles. The van der Waals surface area contributed by atoms with Crippen molar-refractivity contribution in [1.82, 2.24) is 0 Å². The molecule has 0 radical (unpaired) electrons. The molecule has 3 nitrogen and oxygen atoms in total. The van der Waals surface area contributed by atoms with E-state index in [4.69, 9.17) is 0 Å². The van der Waals surface area contributed by atoms with Crippen LogP contribution in [0.25, 0.3) is 0 Å². The van der Waals surface area contributed by atoms with Crippen LogP contribution in [-0.2, 0) is 4.79 Å². The van der Waals surface area contributed by atoms with E-state index in [9.17, 15) is 9.59 Å². The minimum Gasteiger partial charge on any atom is -0.311 e. The van der Waals surface area contributed by atoms with Gasteiger partial charge in [-0.25, -0.2) is 0 Å². The van der Waals surface area contributed by atoms with Crippen molar-refractivity contribution >= 4 is 30.0 Å². The lowest BCUT2D eigenvalue weighted by Gasteiger charge is -2.16. The molecule has 1 aliphatic heterocycles. The SMILES string of the molecule is CCC(=O)c1ccc(N2CC(S)CC2=O)cc1. The molecule has 0 saturated carbocycles. The summed E-state index contributed by atoms with van der Waals surface area (Å²) in [5.41, 5.74) is 1.55. The van der Waals surface area contributed by atoms with Gasteiger partial charge in [-0.05, 0) is 24.3 Å². The van der Waals surface area contributed by atoms with Crippen LogP contribution in [0.4, 0.5) is 5.69 Å². The number of hydrogen-bond donors (Lipinski definition) is 1. The Labute approximate surface area is 106 Å². The van der Waals surface area contributed by atoms with E-state index < -0.39 is 0 Å². The summed E-state index contributed by atoms with van der Waals surface area (Å²) >= 11 is 4.31. The Morgan fingerprint density at radius 3 is 2.53 bits per heavy atom. The number of thiol groups is 1. The highest BCUT2D eigenvalue weighted by Crippen LogP contribution is 2.24. The molecule has 1 heterocycles. The highest BCUT2D eigenvalue weighted by molar-refractivity contribution is 7.81. The van der Waals surface area contributed by atoms with E-state index in [1.807, 2.05) is 19.1 Å². The molecule has 0 N–H and O–H groups in total. The molecule has 1 amide bonds. The number of carbonyl (C=O) groups is 2. The number of amides is 1. The summed E-state index contributed by atoms with van der Waals surface area (Å²) in [5, 5.41) is 0.111. The smallest absolute Gasteiger partial charge is 0.228 e. The summed E-state index contributed by atoms with van der Waals surface area (Å²) < 4.78 is 0. The van der Waals surface area contributed by atoms with Gasteiger partial charge in [0.2, 0.25) is 5.91 Å². The fourth-order valence-corrected chi connectivity index (χ4v) is 2.29. The second-order valence-corrected chi connectivity index (χ2v) is 4.92. The Morgan fingerprint density at radius 2 is 2.06 bits per heavy atom. The van der Waals surface area contributed by atoms with Crippen molar-refractivity contribution in [2.45, 2.75) is 25.0 Å². The Balaban J connectivity index is 2.18. The first-order valence-corrected chi connectivity index (χ1v) is 6.25. The van der Waals surface area contributed by atoms with Crippen LogP contribution in [0.15, 0.2) is 24.3 Å². The Morgan fingerprint density at radius 1 is 1.41 bits per heavy atom. The van der Waals surface area contributed by atoms with Crippen LogP contribution in [0, 0.1) is 0 Å². The lowest BCUT2D eigenvalue weighted by Crippen LogP contribution is -2.24. The molecular weight excluding hydrogens is 234 g/mol. The van der Waals surface area contributed by atoms with E-state index in [2.05, 4.69) is 12.6 Å². The predicted octanol–water partition coefficient (Wildman–Crippen LogP) is 2.31. The molecule has 1 atom stereocenters. The minimum absolute atomic E-state index is 0.0968. The molecule has 0 aromatic heterocycles. The lowest BCUT2D eigenvalue weighted by molar-refractivity contribution is -0.117. The summed E-state index contributed by atoms with van der Waals surface area (Å²) in [6.07, 6.45) is 0.986. The van der Waals surface area contributed by atoms with Crippen molar-refractivity contribution < 1.29 is 9.59 Å². The van der Waals surface area contributed by atoms with Gasteiger partial charge in [0, 0.05) is 35.9 Å². The van der Waals surface area contributed by atoms with Gasteiger partial charge in [0.1, 0.15) is 0 Å². The zero-order valence-corrected chi connectivity index (χ0v) is 10.6. The van der Waals surface area contributed by atoms with Gasteiger partial charge in [0.25, 0.3) is 0 Å². The largest absolute Gasteiger partial charge is 0.311 e. The quantitative estimate of drug-likeness (QED) is 0.659. The number of hydrogen-bond acceptors (Lipinski definition) is 3. The maximum absolute atomic E-state index is 11.7. The van der Waals surface area contributed by atoms with Crippen LogP contribution in [0.5, 0.6) is 0 Å². The van der Waals surface area contributed by atoms with E-state index in [0.717, 1.165) is 5.69 Å². The highest BCUT2D eigenvalue weighted by atomic mass is 32.1. The molecule has 1 aromatic carbocycles. The monoisotopic (exact) mass is 249 g/mol. The van der Waals surface area contributed by atoms with Gasteiger partial charge in [-0.1, -0.05) is 6.92 Å². The van der Waals surface area contributed by atoms with E-state index in [-0.39, 0.29) is 16.9 Å². The maximum Gasteiger partial charge on any atom is 0.228 e. The number of benzene rings is 1. The number of carbonyl (C=O) groups excluding carboxylic acids is 2. The average molecular weight is 249 g/mol. The maximum atomic E-state index is 11.7. The first-order valence-electron chi connectivity index (χ1n) is 5.73. The van der Waals surface area contributed by atoms with Gasteiger partial charge in [-0.3, -0.25) is 9.59 Å². The molecule has 4 heteroatoms. The number of rotatable bonds is 3. The third-order valence-corrected chi connectivity index (χ3v) is 3.27. The first-order chi connectivity index (χ1) is 8.11. The van der Waals surface area contributed by atoms with E-state index in [1.165, 1.54) is 0 Å². The standard InChI is InChI=1S/C13H15NO2S/c1-2-12(15)9-3-5-10(6-4-9)14-8-11(17)7-13(14)16/h3-6,11,17H,2,7-8H2,1H3. The summed E-state index contributed by atoms with van der Waals surface area (Å²) in [6.45, 7) is 2.48. The van der Waals surface area contributed by atoms with E-state index in [1.54, 1.807) is 17.0 Å². The van der Waals surface area contributed by atoms with Gasteiger partial charge in [0.05, 0.1) is 0 Å². The average Bonchev–Trinajstić information content (AvgIpc) is 2.68. The third-order valence-electron chi connectivity index (χ3n) is 2.93. The predicted molar refractivity (Wildman–Crippen MR) is 70.8 cm³/mol. The molecule has 1 unspecified atom stereocenters. The fraction of sp³-hybridized carbons (Fsp3) is 0.385. The summed E-state index contributed by atoms with van der Waals surface area (Å²) in [7, 11) is 0. The Hall–Kier alpha value is -1.29. The molecule has 1 aliphatic rings. The molecule has 17 heavy (non-hydrogen) atoms. The first kappa shape index (κ1) is 12.2. The van der Waals surface area contributed by atoms with Crippen molar-refractivity contribution in [3.05, 3.63) is 29.8 Å². The van der Waals surface area contributed by atoms with Crippen LogP contribution >= 0.6 is 12.6 Å². The second-order valence-electron chi connectivity index (χ2n) is 4.19. The van der Waals surface area contributed by atoms with Gasteiger partial charge < -0.3 is 4.90 Å². The summed E-state index contributed by atoms with van der Waals surface area (Å²) in [4.78, 5) is 24.9. The van der Waals surface area contributed by atoms with Crippen LogP contribution in [0.1, 0.15) is 30.1 Å². The molecule has 90 valence electrons. The molecule has 0 aliphatic carbocycles. The molecule has 0 bridgehead atoms. The highest BCUT2D eigenvalue weighted by Gasteiger charge is 2.28. The zero-order valence-electron chi connectivity index (χ0n) is 9.72. The summed E-state index contributed by atoms with van der Waals surface area (Å²) in [5.74, 6) is 0.218. The number of nitrogens with zero attached hydrogens (tertiary/aromatic N) is 1. The van der Waals surface area contributed by atoms with Crippen LogP contribution in [0.3, 0.4) is 0 Å². The molecular formula is C13H15NO2S. The normalized spacial score (nSPS) is 19.8. The van der Waals surface area contributed by atoms with Crippen LogP contribution in [-0.4, -0.2) is 23.5 Å². The van der Waals surface area contributed by atoms with Gasteiger partial charge >= 0.3 is 0 Å². The van der Waals surface area contributed by atoms with Crippen molar-refractivity contribution in [3.8, 4) is 0 Å². The molecule has 1 fully saturated rings. The molecule has 0 spiro atoms.